The van der Waals surface area contributed by atoms with Crippen molar-refractivity contribution < 1.29 is 19.2 Å². The molecule has 8 nitrogen and oxygen atoms in total. The fourth-order valence-corrected chi connectivity index (χ4v) is 2.78. The third-order valence-electron chi connectivity index (χ3n) is 4.26. The minimum atomic E-state index is -1.07. The molecule has 0 aliphatic carbocycles. The van der Waals surface area contributed by atoms with Gasteiger partial charge in [-0.2, -0.15) is 5.10 Å². The second-order valence-corrected chi connectivity index (χ2v) is 6.20. The van der Waals surface area contributed by atoms with E-state index in [9.17, 15) is 9.59 Å². The second-order valence-electron chi connectivity index (χ2n) is 6.20. The van der Waals surface area contributed by atoms with Gasteiger partial charge in [-0.1, -0.05) is 17.3 Å². The van der Waals surface area contributed by atoms with Gasteiger partial charge in [-0.25, -0.2) is 9.48 Å². The van der Waals surface area contributed by atoms with Crippen LogP contribution in [-0.2, 0) is 17.8 Å². The molecule has 2 heterocycles. The Morgan fingerprint density at radius 1 is 1.26 bits per heavy atom. The standard InChI is InChI=1S/C19H20N4O4/c1-12-16(13(2)27-22-12)6-7-18(24)20-11-14-4-3-5-15(10-14)23-9-8-17(21-23)19(25)26/h3-5,8-10H,6-7,11H2,1-2H3,(H,20,24)(H,25,26). The van der Waals surface area contributed by atoms with Crippen LogP contribution < -0.4 is 5.32 Å². The summed E-state index contributed by atoms with van der Waals surface area (Å²) in [4.78, 5) is 23.1. The van der Waals surface area contributed by atoms with E-state index >= 15 is 0 Å². The van der Waals surface area contributed by atoms with Crippen molar-refractivity contribution >= 4 is 11.9 Å². The van der Waals surface area contributed by atoms with Crippen LogP contribution in [0.15, 0.2) is 41.1 Å². The van der Waals surface area contributed by atoms with Crippen LogP contribution in [-0.4, -0.2) is 31.9 Å². The van der Waals surface area contributed by atoms with Crippen LogP contribution in [0.3, 0.4) is 0 Å². The van der Waals surface area contributed by atoms with E-state index in [1.165, 1.54) is 10.7 Å². The average molecular weight is 368 g/mol. The Bertz CT molecular complexity index is 954. The maximum atomic E-state index is 12.1. The molecule has 0 unspecified atom stereocenters. The Balaban J connectivity index is 1.58. The van der Waals surface area contributed by atoms with Crippen molar-refractivity contribution in [2.45, 2.75) is 33.2 Å². The van der Waals surface area contributed by atoms with Crippen molar-refractivity contribution in [1.29, 1.82) is 0 Å². The van der Waals surface area contributed by atoms with Crippen molar-refractivity contribution in [1.82, 2.24) is 20.3 Å². The number of nitrogens with zero attached hydrogens (tertiary/aromatic N) is 3. The number of aromatic nitrogens is 3. The van der Waals surface area contributed by atoms with Gasteiger partial charge in [0.05, 0.1) is 11.4 Å². The molecule has 0 radical (unpaired) electrons. The number of hydrogen-bond acceptors (Lipinski definition) is 5. The van der Waals surface area contributed by atoms with E-state index in [1.807, 2.05) is 38.1 Å². The monoisotopic (exact) mass is 368 g/mol. The molecule has 140 valence electrons. The minimum absolute atomic E-state index is 0.0203. The molecule has 0 fully saturated rings. The van der Waals surface area contributed by atoms with Crippen LogP contribution in [0.1, 0.15) is 39.5 Å². The number of carboxylic acid groups (broad SMARTS) is 1. The molecule has 1 aromatic carbocycles. The van der Waals surface area contributed by atoms with E-state index in [2.05, 4.69) is 15.6 Å². The molecule has 2 N–H and O–H groups in total. The Kier molecular flexibility index (Phi) is 5.35. The highest BCUT2D eigenvalue weighted by Gasteiger charge is 2.11. The minimum Gasteiger partial charge on any atom is -0.476 e. The molecule has 0 saturated heterocycles. The van der Waals surface area contributed by atoms with Crippen LogP contribution in [0, 0.1) is 13.8 Å². The van der Waals surface area contributed by atoms with E-state index in [1.54, 1.807) is 6.20 Å². The lowest BCUT2D eigenvalue weighted by atomic mass is 10.1. The molecule has 0 aliphatic rings. The van der Waals surface area contributed by atoms with Crippen molar-refractivity contribution in [3.05, 3.63) is 64.8 Å². The number of aryl methyl sites for hydroxylation is 2. The van der Waals surface area contributed by atoms with Gasteiger partial charge in [0.1, 0.15) is 5.76 Å². The molecule has 1 amide bonds. The van der Waals surface area contributed by atoms with Crippen LogP contribution in [0.5, 0.6) is 0 Å². The summed E-state index contributed by atoms with van der Waals surface area (Å²) >= 11 is 0. The molecular weight excluding hydrogens is 348 g/mol. The summed E-state index contributed by atoms with van der Waals surface area (Å²) in [7, 11) is 0. The van der Waals surface area contributed by atoms with Gasteiger partial charge in [-0.15, -0.1) is 0 Å². The van der Waals surface area contributed by atoms with Crippen LogP contribution >= 0.6 is 0 Å². The van der Waals surface area contributed by atoms with Crippen LogP contribution in [0.2, 0.25) is 0 Å². The summed E-state index contributed by atoms with van der Waals surface area (Å²) in [6.45, 7) is 4.07. The van der Waals surface area contributed by atoms with Gasteiger partial charge in [0, 0.05) is 24.7 Å². The van der Waals surface area contributed by atoms with Gasteiger partial charge < -0.3 is 14.9 Å². The van der Waals surface area contributed by atoms with Gasteiger partial charge in [0.15, 0.2) is 5.69 Å². The molecule has 3 aromatic rings. The highest BCUT2D eigenvalue weighted by Crippen LogP contribution is 2.14. The Labute approximate surface area is 155 Å². The summed E-state index contributed by atoms with van der Waals surface area (Å²) in [6, 6.07) is 8.84. The predicted molar refractivity (Wildman–Crippen MR) is 96.7 cm³/mol. The summed E-state index contributed by atoms with van der Waals surface area (Å²) in [6.07, 6.45) is 2.52. The third kappa shape index (κ3) is 4.41. The number of carboxylic acids is 1. The van der Waals surface area contributed by atoms with Crippen LogP contribution in [0.25, 0.3) is 5.69 Å². The number of benzene rings is 1. The third-order valence-corrected chi connectivity index (χ3v) is 4.26. The topological polar surface area (TPSA) is 110 Å². The van der Waals surface area contributed by atoms with Crippen molar-refractivity contribution in [2.75, 3.05) is 0 Å². The number of rotatable bonds is 7. The summed E-state index contributed by atoms with van der Waals surface area (Å²) in [5, 5.41) is 19.7. The zero-order valence-corrected chi connectivity index (χ0v) is 15.1. The fraction of sp³-hybridized carbons (Fsp3) is 0.263. The first-order valence-corrected chi connectivity index (χ1v) is 8.51. The Hall–Kier alpha value is -3.42. The Morgan fingerprint density at radius 2 is 2.07 bits per heavy atom. The zero-order valence-electron chi connectivity index (χ0n) is 15.1. The normalized spacial score (nSPS) is 10.7. The van der Waals surface area contributed by atoms with Crippen LogP contribution in [0.4, 0.5) is 0 Å². The van der Waals surface area contributed by atoms with Gasteiger partial charge in [0.25, 0.3) is 0 Å². The lowest BCUT2D eigenvalue weighted by molar-refractivity contribution is -0.121. The molecule has 0 bridgehead atoms. The Morgan fingerprint density at radius 3 is 2.74 bits per heavy atom. The van der Waals surface area contributed by atoms with E-state index in [0.717, 1.165) is 28.3 Å². The predicted octanol–water partition coefficient (Wildman–Crippen LogP) is 2.42. The van der Waals surface area contributed by atoms with Crippen molar-refractivity contribution in [3.8, 4) is 5.69 Å². The first-order valence-electron chi connectivity index (χ1n) is 8.51. The van der Waals surface area contributed by atoms with E-state index in [-0.39, 0.29) is 11.6 Å². The largest absolute Gasteiger partial charge is 0.476 e. The van der Waals surface area contributed by atoms with Crippen molar-refractivity contribution in [3.63, 3.8) is 0 Å². The number of amides is 1. The lowest BCUT2D eigenvalue weighted by Crippen LogP contribution is -2.23. The van der Waals surface area contributed by atoms with Gasteiger partial charge in [0.2, 0.25) is 5.91 Å². The summed E-state index contributed by atoms with van der Waals surface area (Å²) in [5.41, 5.74) is 3.39. The maximum absolute atomic E-state index is 12.1. The first-order chi connectivity index (χ1) is 12.9. The number of aromatic carboxylic acids is 1. The fourth-order valence-electron chi connectivity index (χ4n) is 2.78. The number of hydrogen-bond donors (Lipinski definition) is 2. The van der Waals surface area contributed by atoms with Gasteiger partial charge in [-0.05, 0) is 44.0 Å². The quantitative estimate of drug-likeness (QED) is 0.663. The maximum Gasteiger partial charge on any atom is 0.356 e. The molecule has 8 heteroatoms. The molecule has 0 spiro atoms. The lowest BCUT2D eigenvalue weighted by Gasteiger charge is -2.08. The van der Waals surface area contributed by atoms with Gasteiger partial charge in [-0.3, -0.25) is 4.79 Å². The number of carbonyl (C=O) groups excluding carboxylic acids is 1. The highest BCUT2D eigenvalue weighted by molar-refractivity contribution is 5.85. The van der Waals surface area contributed by atoms with E-state index < -0.39 is 5.97 Å². The number of nitrogens with one attached hydrogen (secondary N) is 1. The smallest absolute Gasteiger partial charge is 0.356 e. The number of carbonyl (C=O) groups is 2. The molecule has 27 heavy (non-hydrogen) atoms. The van der Waals surface area contributed by atoms with E-state index in [0.29, 0.717) is 19.4 Å². The molecule has 0 atom stereocenters. The van der Waals surface area contributed by atoms with Gasteiger partial charge >= 0.3 is 5.97 Å². The second kappa shape index (κ2) is 7.86. The molecule has 3 rings (SSSR count). The molecular formula is C19H20N4O4. The molecule has 0 aliphatic heterocycles. The van der Waals surface area contributed by atoms with Crippen molar-refractivity contribution in [2.24, 2.45) is 0 Å². The average Bonchev–Trinajstić information content (AvgIpc) is 3.26. The molecule has 0 saturated carbocycles. The van der Waals surface area contributed by atoms with E-state index in [4.69, 9.17) is 9.63 Å². The highest BCUT2D eigenvalue weighted by atomic mass is 16.5. The summed E-state index contributed by atoms with van der Waals surface area (Å²) in [5.74, 6) is -0.393. The SMILES string of the molecule is Cc1noc(C)c1CCC(=O)NCc1cccc(-n2ccc(C(=O)O)n2)c1. The molecule has 2 aromatic heterocycles. The zero-order chi connectivity index (χ0) is 19.4. The summed E-state index contributed by atoms with van der Waals surface area (Å²) < 4.78 is 6.59. The first kappa shape index (κ1) is 18.4.